The molecule has 2 N–H and O–H groups in total. The van der Waals surface area contributed by atoms with Crippen molar-refractivity contribution in [2.24, 2.45) is 0 Å². The van der Waals surface area contributed by atoms with E-state index in [9.17, 15) is 0 Å². The van der Waals surface area contributed by atoms with Crippen molar-refractivity contribution in [1.29, 1.82) is 0 Å². The third-order valence-electron chi connectivity index (χ3n) is 5.19. The zero-order valence-corrected chi connectivity index (χ0v) is 15.4. The highest BCUT2D eigenvalue weighted by atomic mass is 32.1. The van der Waals surface area contributed by atoms with Gasteiger partial charge in [0, 0.05) is 55.7 Å². The summed E-state index contributed by atoms with van der Waals surface area (Å²) in [5.41, 5.74) is 9.09. The number of aryl methyl sites for hydroxylation is 1. The Morgan fingerprint density at radius 2 is 1.93 bits per heavy atom. The SMILES string of the molecule is Cc1ccc(-c2cc3c(s2)Cc2c(-c4ccc5cn[nH]c5c4)n[nH]c2-3)cn1. The maximum Gasteiger partial charge on any atom is 0.0963 e. The van der Waals surface area contributed by atoms with Gasteiger partial charge in [0.2, 0.25) is 0 Å². The molecule has 6 heteroatoms. The first-order valence-electron chi connectivity index (χ1n) is 8.83. The average Bonchev–Trinajstić information content (AvgIpc) is 3.42. The van der Waals surface area contributed by atoms with Gasteiger partial charge in [-0.3, -0.25) is 15.2 Å². The van der Waals surface area contributed by atoms with E-state index in [1.807, 2.05) is 30.7 Å². The van der Waals surface area contributed by atoms with Gasteiger partial charge in [0.15, 0.2) is 0 Å². The number of hydrogen-bond acceptors (Lipinski definition) is 4. The molecule has 0 radical (unpaired) electrons. The summed E-state index contributed by atoms with van der Waals surface area (Å²) in [5.74, 6) is 0. The highest BCUT2D eigenvalue weighted by Gasteiger charge is 2.27. The Balaban J connectivity index is 1.42. The molecule has 0 bridgehead atoms. The van der Waals surface area contributed by atoms with Crippen LogP contribution in [0, 0.1) is 6.92 Å². The van der Waals surface area contributed by atoms with E-state index in [0.717, 1.165) is 40.0 Å². The normalized spacial score (nSPS) is 12.5. The Hall–Kier alpha value is -3.25. The largest absolute Gasteiger partial charge is 0.278 e. The molecule has 5 nitrogen and oxygen atoms in total. The molecular formula is C21H15N5S. The minimum absolute atomic E-state index is 0.918. The lowest BCUT2D eigenvalue weighted by Crippen LogP contribution is -1.85. The second kappa shape index (κ2) is 5.37. The predicted molar refractivity (Wildman–Crippen MR) is 108 cm³/mol. The zero-order chi connectivity index (χ0) is 18.0. The number of benzene rings is 1. The third kappa shape index (κ3) is 2.20. The van der Waals surface area contributed by atoms with Crippen LogP contribution in [-0.2, 0) is 6.42 Å². The van der Waals surface area contributed by atoms with Crippen molar-refractivity contribution in [3.8, 4) is 33.0 Å². The molecule has 0 saturated heterocycles. The molecule has 27 heavy (non-hydrogen) atoms. The van der Waals surface area contributed by atoms with Crippen molar-refractivity contribution < 1.29 is 0 Å². The first-order chi connectivity index (χ1) is 13.3. The van der Waals surface area contributed by atoms with Crippen LogP contribution in [0.15, 0.2) is 48.8 Å². The van der Waals surface area contributed by atoms with Crippen LogP contribution < -0.4 is 0 Å². The van der Waals surface area contributed by atoms with Crippen molar-refractivity contribution >= 4 is 22.2 Å². The fraction of sp³-hybridized carbons (Fsp3) is 0.0952. The quantitative estimate of drug-likeness (QED) is 0.453. The first-order valence-corrected chi connectivity index (χ1v) is 9.65. The number of thiophene rings is 1. The Labute approximate surface area is 159 Å². The Morgan fingerprint density at radius 3 is 2.81 bits per heavy atom. The molecule has 0 amide bonds. The zero-order valence-electron chi connectivity index (χ0n) is 14.6. The molecule has 5 aromatic rings. The number of hydrogen-bond donors (Lipinski definition) is 2. The van der Waals surface area contributed by atoms with Crippen molar-refractivity contribution in [2.45, 2.75) is 13.3 Å². The van der Waals surface area contributed by atoms with E-state index in [2.05, 4.69) is 61.8 Å². The standard InChI is InChI=1S/C21H15N5S/c1-11-2-3-14(9-22-11)18-7-15-19(27-18)8-16-20(25-26-21(15)16)12-4-5-13-10-23-24-17(13)6-12/h2-7,9-10H,8H2,1H3,(H,23,24)(H,25,26). The summed E-state index contributed by atoms with van der Waals surface area (Å²) in [6.07, 6.45) is 4.71. The highest BCUT2D eigenvalue weighted by Crippen LogP contribution is 2.46. The van der Waals surface area contributed by atoms with Gasteiger partial charge in [-0.15, -0.1) is 11.3 Å². The molecular weight excluding hydrogens is 354 g/mol. The molecule has 0 saturated carbocycles. The van der Waals surface area contributed by atoms with Gasteiger partial charge < -0.3 is 0 Å². The van der Waals surface area contributed by atoms with E-state index in [0.29, 0.717) is 0 Å². The topological polar surface area (TPSA) is 70.2 Å². The summed E-state index contributed by atoms with van der Waals surface area (Å²) in [6.45, 7) is 2.01. The molecule has 1 aliphatic carbocycles. The molecule has 4 aromatic heterocycles. The van der Waals surface area contributed by atoms with E-state index in [1.54, 1.807) is 0 Å². The van der Waals surface area contributed by atoms with Crippen LogP contribution in [0.25, 0.3) is 43.9 Å². The predicted octanol–water partition coefficient (Wildman–Crippen LogP) is 4.96. The summed E-state index contributed by atoms with van der Waals surface area (Å²) in [6, 6.07) is 12.8. The van der Waals surface area contributed by atoms with Crippen molar-refractivity contribution in [2.75, 3.05) is 0 Å². The van der Waals surface area contributed by atoms with Crippen molar-refractivity contribution in [3.05, 3.63) is 64.9 Å². The van der Waals surface area contributed by atoms with Gasteiger partial charge in [-0.1, -0.05) is 18.2 Å². The first kappa shape index (κ1) is 14.9. The number of nitrogens with zero attached hydrogens (tertiary/aromatic N) is 3. The van der Waals surface area contributed by atoms with E-state index < -0.39 is 0 Å². The Kier molecular flexibility index (Phi) is 2.96. The Morgan fingerprint density at radius 1 is 1.00 bits per heavy atom. The maximum atomic E-state index is 4.62. The van der Waals surface area contributed by atoms with E-state index in [-0.39, 0.29) is 0 Å². The van der Waals surface area contributed by atoms with E-state index in [4.69, 9.17) is 0 Å². The Bertz CT molecular complexity index is 1310. The highest BCUT2D eigenvalue weighted by molar-refractivity contribution is 7.16. The lowest BCUT2D eigenvalue weighted by molar-refractivity contribution is 1.10. The van der Waals surface area contributed by atoms with Gasteiger partial charge in [-0.05, 0) is 25.1 Å². The minimum Gasteiger partial charge on any atom is -0.278 e. The van der Waals surface area contributed by atoms with Crippen LogP contribution in [0.3, 0.4) is 0 Å². The van der Waals surface area contributed by atoms with Crippen LogP contribution in [-0.4, -0.2) is 25.4 Å². The number of aromatic nitrogens is 5. The van der Waals surface area contributed by atoms with Crippen LogP contribution in [0.1, 0.15) is 16.1 Å². The number of fused-ring (bicyclic) bond motifs is 4. The van der Waals surface area contributed by atoms with E-state index in [1.165, 1.54) is 26.4 Å². The maximum absolute atomic E-state index is 4.62. The molecule has 4 heterocycles. The third-order valence-corrected chi connectivity index (χ3v) is 6.38. The lowest BCUT2D eigenvalue weighted by Gasteiger charge is -2.01. The molecule has 130 valence electrons. The molecule has 6 rings (SSSR count). The summed E-state index contributed by atoms with van der Waals surface area (Å²) < 4.78 is 0. The number of aromatic amines is 2. The fourth-order valence-corrected chi connectivity index (χ4v) is 4.94. The number of rotatable bonds is 2. The van der Waals surface area contributed by atoms with Gasteiger partial charge in [-0.2, -0.15) is 10.2 Å². The second-order valence-electron chi connectivity index (χ2n) is 6.91. The summed E-state index contributed by atoms with van der Waals surface area (Å²) in [7, 11) is 0. The second-order valence-corrected chi connectivity index (χ2v) is 8.05. The molecule has 0 fully saturated rings. The minimum atomic E-state index is 0.918. The van der Waals surface area contributed by atoms with Crippen molar-refractivity contribution in [3.63, 3.8) is 0 Å². The van der Waals surface area contributed by atoms with Gasteiger partial charge in [0.1, 0.15) is 0 Å². The van der Waals surface area contributed by atoms with Crippen molar-refractivity contribution in [1.82, 2.24) is 25.4 Å². The summed E-state index contributed by atoms with van der Waals surface area (Å²) >= 11 is 1.85. The van der Waals surface area contributed by atoms with Crippen LogP contribution in [0.5, 0.6) is 0 Å². The average molecular weight is 369 g/mol. The van der Waals surface area contributed by atoms with Crippen LogP contribution in [0.4, 0.5) is 0 Å². The fourth-order valence-electron chi connectivity index (χ4n) is 3.77. The summed E-state index contributed by atoms with van der Waals surface area (Å²) in [4.78, 5) is 7.07. The number of H-pyrrole nitrogens is 2. The smallest absolute Gasteiger partial charge is 0.0963 e. The van der Waals surface area contributed by atoms with Gasteiger partial charge in [-0.25, -0.2) is 0 Å². The molecule has 1 aliphatic rings. The van der Waals surface area contributed by atoms with Crippen LogP contribution in [0.2, 0.25) is 0 Å². The number of nitrogens with one attached hydrogen (secondary N) is 2. The molecule has 0 unspecified atom stereocenters. The molecule has 0 aliphatic heterocycles. The number of pyridine rings is 1. The van der Waals surface area contributed by atoms with Crippen LogP contribution >= 0.6 is 11.3 Å². The monoisotopic (exact) mass is 369 g/mol. The summed E-state index contributed by atoms with van der Waals surface area (Å²) in [5, 5.41) is 16.2. The van der Waals surface area contributed by atoms with Gasteiger partial charge in [0.05, 0.1) is 23.1 Å². The molecule has 0 atom stereocenters. The van der Waals surface area contributed by atoms with E-state index >= 15 is 0 Å². The lowest BCUT2D eigenvalue weighted by atomic mass is 10.0. The molecule has 1 aromatic carbocycles. The van der Waals surface area contributed by atoms with Gasteiger partial charge in [0.25, 0.3) is 0 Å². The van der Waals surface area contributed by atoms with Gasteiger partial charge >= 0.3 is 0 Å². The molecule has 0 spiro atoms.